The molecular formula is C25H19N5O6Zn. The first kappa shape index (κ1) is 28.5. The smallest absolute Gasteiger partial charge is 0.356 e. The van der Waals surface area contributed by atoms with E-state index in [0.717, 1.165) is 11.6 Å². The Balaban J connectivity index is 0.000000473. The molecule has 182 valence electrons. The van der Waals surface area contributed by atoms with Gasteiger partial charge in [0, 0.05) is 12.4 Å². The predicted octanol–water partition coefficient (Wildman–Crippen LogP) is 5.64. The maximum Gasteiger partial charge on any atom is 2.00 e. The van der Waals surface area contributed by atoms with Crippen LogP contribution < -0.4 is 4.90 Å². The number of anilines is 2. The van der Waals surface area contributed by atoms with Gasteiger partial charge in [0.1, 0.15) is 11.6 Å². The zero-order valence-corrected chi connectivity index (χ0v) is 22.4. The molecule has 11 nitrogen and oxygen atoms in total. The van der Waals surface area contributed by atoms with Crippen molar-refractivity contribution in [2.75, 3.05) is 4.90 Å². The van der Waals surface area contributed by atoms with Crippen LogP contribution in [0, 0.1) is 30.6 Å². The largest absolute Gasteiger partial charge is 2.00 e. The summed E-state index contributed by atoms with van der Waals surface area (Å²) in [6.45, 7) is 0.690. The minimum absolute atomic E-state index is 0. The maximum absolute atomic E-state index is 8.25. The molecular weight excluding hydrogens is 532 g/mol. The summed E-state index contributed by atoms with van der Waals surface area (Å²) in [6, 6.07) is 31.4. The summed E-state index contributed by atoms with van der Waals surface area (Å²) in [4.78, 5) is 27.9. The second-order valence-electron chi connectivity index (χ2n) is 7.21. The summed E-state index contributed by atoms with van der Waals surface area (Å²) in [6.07, 6.45) is 3.65. The molecule has 0 fully saturated rings. The summed E-state index contributed by atoms with van der Waals surface area (Å²) in [5.41, 5.74) is 1.28. The number of aromatic nitrogens is 2. The molecule has 0 saturated heterocycles. The van der Waals surface area contributed by atoms with Crippen LogP contribution in [0.5, 0.6) is 0 Å². The number of hydrogen-bond acceptors (Lipinski definition) is 9. The second-order valence-corrected chi connectivity index (χ2v) is 7.21. The minimum Gasteiger partial charge on any atom is -0.356 e. The number of rotatable bonds is 4. The minimum atomic E-state index is -1.75. The van der Waals surface area contributed by atoms with Crippen LogP contribution in [0.3, 0.4) is 0 Å². The normalized spacial score (nSPS) is 9.62. The van der Waals surface area contributed by atoms with Gasteiger partial charge in [-0.05, 0) is 57.4 Å². The van der Waals surface area contributed by atoms with Crippen LogP contribution >= 0.6 is 0 Å². The molecule has 37 heavy (non-hydrogen) atoms. The van der Waals surface area contributed by atoms with Crippen molar-refractivity contribution < 1.29 is 29.7 Å². The van der Waals surface area contributed by atoms with Gasteiger partial charge in [-0.3, -0.25) is 0 Å². The Kier molecular flexibility index (Phi) is 10.8. The van der Waals surface area contributed by atoms with E-state index in [1.54, 1.807) is 0 Å². The van der Waals surface area contributed by atoms with Crippen LogP contribution in [0.4, 0.5) is 11.6 Å². The zero-order chi connectivity index (χ0) is 25.9. The summed E-state index contributed by atoms with van der Waals surface area (Å²) < 4.78 is 0. The van der Waals surface area contributed by atoms with Gasteiger partial charge in [-0.1, -0.05) is 60.7 Å². The fourth-order valence-corrected chi connectivity index (χ4v) is 3.74. The zero-order valence-electron chi connectivity index (χ0n) is 19.4. The molecule has 0 aliphatic rings. The third-order valence-electron chi connectivity index (χ3n) is 5.05. The summed E-state index contributed by atoms with van der Waals surface area (Å²) >= 11 is 0. The van der Waals surface area contributed by atoms with Crippen LogP contribution in [0.25, 0.3) is 21.5 Å². The van der Waals surface area contributed by atoms with Gasteiger partial charge in [0.05, 0.1) is 16.7 Å². The van der Waals surface area contributed by atoms with Gasteiger partial charge in [-0.2, -0.15) is 0 Å². The van der Waals surface area contributed by atoms with E-state index < -0.39 is 10.2 Å². The van der Waals surface area contributed by atoms with Gasteiger partial charge in [-0.15, -0.1) is 0 Å². The third-order valence-corrected chi connectivity index (χ3v) is 5.05. The molecule has 5 rings (SSSR count). The van der Waals surface area contributed by atoms with E-state index in [2.05, 4.69) is 69.5 Å². The summed E-state index contributed by atoms with van der Waals surface area (Å²) in [5.74, 6) is 1.77. The fourth-order valence-electron chi connectivity index (χ4n) is 3.74. The van der Waals surface area contributed by atoms with Gasteiger partial charge in [-0.25, -0.2) is 9.97 Å². The van der Waals surface area contributed by atoms with E-state index in [-0.39, 0.29) is 19.5 Å². The first-order valence-corrected chi connectivity index (χ1v) is 10.5. The SMILES string of the molecule is O=[N+]([O-])[O-].O=[N+]([O-])[O-].[Zn+2].c1ccc(N(Cc2c3ccccc3cc3ccccc23)c2ccccn2)nc1. The van der Waals surface area contributed by atoms with Crippen LogP contribution in [0.2, 0.25) is 0 Å². The van der Waals surface area contributed by atoms with Crippen molar-refractivity contribution in [3.05, 3.63) is 140 Å². The maximum atomic E-state index is 8.25. The second kappa shape index (κ2) is 14.0. The standard InChI is InChI=1S/C25H19N3.2NO3.Zn/c1-3-11-21-19(9-1)17-20-10-2-4-12-22(20)23(21)18-28(24-13-5-7-15-26-24)25-14-6-8-16-27-25;2*2-1(3)4;/h1-17H,18H2;;;/q;2*-1;+2. The van der Waals surface area contributed by atoms with E-state index in [9.17, 15) is 0 Å². The molecule has 0 unspecified atom stereocenters. The molecule has 0 atom stereocenters. The van der Waals surface area contributed by atoms with Gasteiger partial charge >= 0.3 is 19.5 Å². The van der Waals surface area contributed by atoms with E-state index in [1.807, 2.05) is 48.8 Å². The monoisotopic (exact) mass is 549 g/mol. The van der Waals surface area contributed by atoms with Crippen molar-refractivity contribution >= 4 is 33.2 Å². The van der Waals surface area contributed by atoms with Gasteiger partial charge in [0.2, 0.25) is 0 Å². The Labute approximate surface area is 223 Å². The van der Waals surface area contributed by atoms with Crippen molar-refractivity contribution in [2.45, 2.75) is 6.54 Å². The van der Waals surface area contributed by atoms with Crippen molar-refractivity contribution in [3.63, 3.8) is 0 Å². The molecule has 2 aromatic heterocycles. The van der Waals surface area contributed by atoms with Crippen LogP contribution in [-0.4, -0.2) is 20.1 Å². The van der Waals surface area contributed by atoms with Gasteiger partial charge in [0.15, 0.2) is 0 Å². The van der Waals surface area contributed by atoms with E-state index in [4.69, 9.17) is 30.6 Å². The Morgan fingerprint density at radius 1 is 0.622 bits per heavy atom. The number of benzene rings is 3. The molecule has 0 bridgehead atoms. The Bertz CT molecular complexity index is 1340. The fraction of sp³-hybridized carbons (Fsp3) is 0.0400. The third kappa shape index (κ3) is 8.19. The van der Waals surface area contributed by atoms with Crippen molar-refractivity contribution in [2.24, 2.45) is 0 Å². The first-order chi connectivity index (χ1) is 17.4. The van der Waals surface area contributed by atoms with Crippen LogP contribution in [0.15, 0.2) is 103 Å². The first-order valence-electron chi connectivity index (χ1n) is 10.5. The topological polar surface area (TPSA) is 161 Å². The average Bonchev–Trinajstić information content (AvgIpc) is 2.87. The molecule has 0 amide bonds. The molecule has 5 aromatic rings. The van der Waals surface area contributed by atoms with Gasteiger partial charge in [0.25, 0.3) is 0 Å². The van der Waals surface area contributed by atoms with Crippen LogP contribution in [0.1, 0.15) is 5.56 Å². The Morgan fingerprint density at radius 3 is 1.38 bits per heavy atom. The van der Waals surface area contributed by atoms with Crippen molar-refractivity contribution in [1.82, 2.24) is 9.97 Å². The number of fused-ring (bicyclic) bond motifs is 2. The van der Waals surface area contributed by atoms with E-state index in [0.29, 0.717) is 6.54 Å². The average molecular weight is 551 g/mol. The molecule has 0 aliphatic carbocycles. The molecule has 3 aromatic carbocycles. The Morgan fingerprint density at radius 2 is 1.00 bits per heavy atom. The van der Waals surface area contributed by atoms with Gasteiger partial charge < -0.3 is 35.5 Å². The predicted molar refractivity (Wildman–Crippen MR) is 136 cm³/mol. The molecule has 0 spiro atoms. The number of pyridine rings is 2. The Hall–Kier alpha value is -4.70. The summed E-state index contributed by atoms with van der Waals surface area (Å²) in [5, 5.41) is 34.5. The van der Waals surface area contributed by atoms with E-state index in [1.165, 1.54) is 27.1 Å². The molecule has 0 aliphatic heterocycles. The van der Waals surface area contributed by atoms with Crippen molar-refractivity contribution in [3.8, 4) is 0 Å². The summed E-state index contributed by atoms with van der Waals surface area (Å²) in [7, 11) is 0. The molecule has 0 N–H and O–H groups in total. The number of hydrogen-bond donors (Lipinski definition) is 0. The van der Waals surface area contributed by atoms with E-state index >= 15 is 0 Å². The number of nitrogens with zero attached hydrogens (tertiary/aromatic N) is 5. The van der Waals surface area contributed by atoms with Crippen LogP contribution in [-0.2, 0) is 26.0 Å². The molecule has 12 heteroatoms. The van der Waals surface area contributed by atoms with Crippen molar-refractivity contribution in [1.29, 1.82) is 0 Å². The molecule has 0 radical (unpaired) electrons. The quantitative estimate of drug-likeness (QED) is 0.119. The molecule has 0 saturated carbocycles. The molecule has 2 heterocycles.